The zero-order chi connectivity index (χ0) is 22.4. The highest BCUT2D eigenvalue weighted by Crippen LogP contribution is 2.27. The Balaban J connectivity index is 1.84. The summed E-state index contributed by atoms with van der Waals surface area (Å²) < 4.78 is 7.93. The third kappa shape index (κ3) is 6.57. The smallest absolute Gasteiger partial charge is 0.266 e. The number of nitrogens with zero attached hydrogens (tertiary/aromatic N) is 1. The van der Waals surface area contributed by atoms with E-state index in [1.54, 1.807) is 30.3 Å². The molecule has 156 valence electrons. The Morgan fingerprint density at radius 2 is 1.94 bits per heavy atom. The number of halogens is 3. The molecule has 3 rings (SSSR count). The first-order valence-electron chi connectivity index (χ1n) is 9.22. The van der Waals surface area contributed by atoms with Gasteiger partial charge >= 0.3 is 0 Å². The predicted octanol–water partition coefficient (Wildman–Crippen LogP) is 7.14. The fourth-order valence-corrected chi connectivity index (χ4v) is 3.64. The minimum atomic E-state index is -0.517. The van der Waals surface area contributed by atoms with Crippen LogP contribution in [0.3, 0.4) is 0 Å². The maximum atomic E-state index is 12.7. The molecule has 0 aliphatic heterocycles. The van der Waals surface area contributed by atoms with Gasteiger partial charge in [-0.2, -0.15) is 5.26 Å². The Labute approximate surface area is 208 Å². The van der Waals surface area contributed by atoms with Crippen LogP contribution in [0.5, 0.6) is 5.75 Å². The van der Waals surface area contributed by atoms with E-state index in [-0.39, 0.29) is 5.57 Å². The quantitative estimate of drug-likeness (QED) is 0.184. The van der Waals surface area contributed by atoms with Crippen molar-refractivity contribution in [1.29, 1.82) is 5.26 Å². The van der Waals surface area contributed by atoms with E-state index >= 15 is 0 Å². The number of nitrogens with one attached hydrogen (secondary N) is 1. The normalized spacial score (nSPS) is 11.0. The summed E-state index contributed by atoms with van der Waals surface area (Å²) in [6.45, 7) is 2.22. The van der Waals surface area contributed by atoms with E-state index in [2.05, 4.69) is 43.8 Å². The van der Waals surface area contributed by atoms with E-state index in [0.717, 1.165) is 19.2 Å². The van der Waals surface area contributed by atoms with Crippen LogP contribution < -0.4 is 10.1 Å². The van der Waals surface area contributed by atoms with Gasteiger partial charge in [0, 0.05) is 24.3 Å². The lowest BCUT2D eigenvalue weighted by Gasteiger charge is -2.11. The topological polar surface area (TPSA) is 62.1 Å². The summed E-state index contributed by atoms with van der Waals surface area (Å²) in [7, 11) is 0. The third-order valence-electron chi connectivity index (χ3n) is 4.39. The first-order chi connectivity index (χ1) is 14.9. The predicted molar refractivity (Wildman–Crippen MR) is 136 cm³/mol. The molecule has 0 saturated carbocycles. The maximum absolute atomic E-state index is 12.7. The molecule has 3 aromatic carbocycles. The van der Waals surface area contributed by atoms with Crippen molar-refractivity contribution in [2.45, 2.75) is 13.5 Å². The van der Waals surface area contributed by atoms with Crippen molar-refractivity contribution >= 4 is 67.8 Å². The van der Waals surface area contributed by atoms with Crippen LogP contribution in [0.1, 0.15) is 16.7 Å². The summed E-state index contributed by atoms with van der Waals surface area (Å²) in [5.41, 5.74) is 3.00. The zero-order valence-corrected chi connectivity index (χ0v) is 21.0. The number of carbonyl (C=O) groups excluding carboxylic acids is 1. The molecule has 0 atom stereocenters. The molecule has 0 fully saturated rings. The highest BCUT2D eigenvalue weighted by atomic mass is 127. The molecule has 0 saturated heterocycles. The molecule has 0 bridgehead atoms. The number of nitriles is 1. The lowest BCUT2D eigenvalue weighted by molar-refractivity contribution is -0.112. The molecule has 1 amide bonds. The van der Waals surface area contributed by atoms with Gasteiger partial charge in [-0.15, -0.1) is 0 Å². The highest BCUT2D eigenvalue weighted by molar-refractivity contribution is 14.1. The molecule has 0 spiro atoms. The minimum Gasteiger partial charge on any atom is -0.488 e. The SMILES string of the molecule is Cc1ccc(Cl)cc1NC(=O)/C(C#N)=C/c1cc(Br)ccc1OCc1ccc(I)cc1. The Kier molecular flexibility index (Phi) is 8.13. The summed E-state index contributed by atoms with van der Waals surface area (Å²) in [5, 5.41) is 12.8. The summed E-state index contributed by atoms with van der Waals surface area (Å²) in [5.74, 6) is 0.0534. The van der Waals surface area contributed by atoms with Crippen LogP contribution in [-0.4, -0.2) is 5.91 Å². The van der Waals surface area contributed by atoms with Gasteiger partial charge in [0.2, 0.25) is 0 Å². The van der Waals surface area contributed by atoms with Gasteiger partial charge < -0.3 is 10.1 Å². The highest BCUT2D eigenvalue weighted by Gasteiger charge is 2.13. The van der Waals surface area contributed by atoms with Gasteiger partial charge in [-0.3, -0.25) is 4.79 Å². The van der Waals surface area contributed by atoms with Crippen molar-refractivity contribution in [2.75, 3.05) is 5.32 Å². The summed E-state index contributed by atoms with van der Waals surface area (Å²) in [4.78, 5) is 12.7. The first kappa shape index (κ1) is 23.3. The Bertz CT molecular complexity index is 1190. The molecule has 0 radical (unpaired) electrons. The van der Waals surface area contributed by atoms with Crippen LogP contribution in [0.15, 0.2) is 70.7 Å². The number of benzene rings is 3. The molecule has 0 unspecified atom stereocenters. The number of aryl methyl sites for hydroxylation is 1. The van der Waals surface area contributed by atoms with Crippen molar-refractivity contribution in [1.82, 2.24) is 0 Å². The van der Waals surface area contributed by atoms with Gasteiger partial charge in [0.05, 0.1) is 0 Å². The van der Waals surface area contributed by atoms with Gasteiger partial charge in [0.25, 0.3) is 5.91 Å². The number of amides is 1. The van der Waals surface area contributed by atoms with Gasteiger partial charge in [-0.05, 0) is 89.2 Å². The van der Waals surface area contributed by atoms with Crippen LogP contribution >= 0.6 is 50.1 Å². The molecule has 0 aliphatic rings. The van der Waals surface area contributed by atoms with E-state index in [1.807, 2.05) is 43.3 Å². The van der Waals surface area contributed by atoms with Crippen LogP contribution in [0.4, 0.5) is 5.69 Å². The van der Waals surface area contributed by atoms with Gasteiger partial charge in [-0.25, -0.2) is 0 Å². The van der Waals surface area contributed by atoms with Crippen LogP contribution in [0.2, 0.25) is 5.02 Å². The number of carbonyl (C=O) groups is 1. The second-order valence-electron chi connectivity index (χ2n) is 6.68. The monoisotopic (exact) mass is 606 g/mol. The summed E-state index contributed by atoms with van der Waals surface area (Å²) in [6.07, 6.45) is 1.52. The van der Waals surface area contributed by atoms with E-state index in [1.165, 1.54) is 6.08 Å². The number of hydrogen-bond acceptors (Lipinski definition) is 3. The largest absolute Gasteiger partial charge is 0.488 e. The zero-order valence-electron chi connectivity index (χ0n) is 16.5. The molecule has 4 nitrogen and oxygen atoms in total. The maximum Gasteiger partial charge on any atom is 0.266 e. The van der Waals surface area contributed by atoms with E-state index in [4.69, 9.17) is 16.3 Å². The van der Waals surface area contributed by atoms with Gasteiger partial charge in [-0.1, -0.05) is 45.7 Å². The molecule has 7 heteroatoms. The van der Waals surface area contributed by atoms with E-state index in [0.29, 0.717) is 28.6 Å². The Morgan fingerprint density at radius 3 is 2.65 bits per heavy atom. The van der Waals surface area contributed by atoms with Crippen molar-refractivity contribution in [3.05, 3.63) is 96.0 Å². The Hall–Kier alpha value is -2.34. The molecular formula is C24H17BrClIN2O2. The lowest BCUT2D eigenvalue weighted by atomic mass is 10.1. The van der Waals surface area contributed by atoms with E-state index < -0.39 is 5.91 Å². The van der Waals surface area contributed by atoms with E-state index in [9.17, 15) is 10.1 Å². The lowest BCUT2D eigenvalue weighted by Crippen LogP contribution is -2.14. The van der Waals surface area contributed by atoms with Crippen LogP contribution in [0.25, 0.3) is 6.08 Å². The average molecular weight is 608 g/mol. The number of ether oxygens (including phenoxy) is 1. The molecular weight excluding hydrogens is 591 g/mol. The average Bonchev–Trinajstić information content (AvgIpc) is 2.75. The van der Waals surface area contributed by atoms with Crippen LogP contribution in [0, 0.1) is 21.8 Å². The van der Waals surface area contributed by atoms with Crippen molar-refractivity contribution in [3.8, 4) is 11.8 Å². The Morgan fingerprint density at radius 1 is 1.19 bits per heavy atom. The molecule has 31 heavy (non-hydrogen) atoms. The number of rotatable bonds is 6. The molecule has 0 aromatic heterocycles. The van der Waals surface area contributed by atoms with Crippen molar-refractivity contribution in [3.63, 3.8) is 0 Å². The molecule has 3 aromatic rings. The van der Waals surface area contributed by atoms with Crippen LogP contribution in [-0.2, 0) is 11.4 Å². The summed E-state index contributed by atoms with van der Waals surface area (Å²) >= 11 is 11.7. The van der Waals surface area contributed by atoms with Crippen molar-refractivity contribution < 1.29 is 9.53 Å². The minimum absolute atomic E-state index is 0.0448. The first-order valence-corrected chi connectivity index (χ1v) is 11.5. The fourth-order valence-electron chi connectivity index (χ4n) is 2.73. The second-order valence-corrected chi connectivity index (χ2v) is 9.28. The third-order valence-corrected chi connectivity index (χ3v) is 5.84. The number of hydrogen-bond donors (Lipinski definition) is 1. The molecule has 0 heterocycles. The fraction of sp³-hybridized carbons (Fsp3) is 0.0833. The standard InChI is InChI=1S/C24H17BrClIN2O2/c1-15-2-6-20(26)12-22(15)29-24(30)18(13-28)10-17-11-19(25)5-9-23(17)31-14-16-3-7-21(27)8-4-16/h2-12H,14H2,1H3,(H,29,30)/b18-10+. The van der Waals surface area contributed by atoms with Gasteiger partial charge in [0.1, 0.15) is 24.0 Å². The van der Waals surface area contributed by atoms with Crippen molar-refractivity contribution in [2.24, 2.45) is 0 Å². The molecule has 0 aliphatic carbocycles. The van der Waals surface area contributed by atoms with Gasteiger partial charge in [0.15, 0.2) is 0 Å². The number of anilines is 1. The molecule has 1 N–H and O–H groups in total. The second kappa shape index (κ2) is 10.8. The summed E-state index contributed by atoms with van der Waals surface area (Å²) in [6, 6.07) is 20.6.